The molecule has 1 saturated heterocycles. The van der Waals surface area contributed by atoms with Gasteiger partial charge < -0.3 is 10.2 Å². The quantitative estimate of drug-likeness (QED) is 0.509. The van der Waals surface area contributed by atoms with Crippen LogP contribution >= 0.6 is 11.3 Å². The van der Waals surface area contributed by atoms with Gasteiger partial charge in [0.05, 0.1) is 5.69 Å². The van der Waals surface area contributed by atoms with E-state index in [9.17, 15) is 9.59 Å². The lowest BCUT2D eigenvalue weighted by molar-refractivity contribution is -0.126. The molecule has 4 rings (SSSR count). The van der Waals surface area contributed by atoms with Gasteiger partial charge in [-0.2, -0.15) is 0 Å². The first-order valence-electron chi connectivity index (χ1n) is 12.0. The van der Waals surface area contributed by atoms with Crippen molar-refractivity contribution in [2.45, 2.75) is 47.1 Å². The predicted octanol–water partition coefficient (Wildman–Crippen LogP) is 5.54. The summed E-state index contributed by atoms with van der Waals surface area (Å²) in [7, 11) is 0. The van der Waals surface area contributed by atoms with Gasteiger partial charge >= 0.3 is 0 Å². The topological polar surface area (TPSA) is 62.3 Å². The van der Waals surface area contributed by atoms with E-state index >= 15 is 0 Å². The van der Waals surface area contributed by atoms with E-state index in [1.165, 1.54) is 22.5 Å². The Kier molecular flexibility index (Phi) is 7.47. The number of piperidine rings is 1. The van der Waals surface area contributed by atoms with Crippen LogP contribution in [0.25, 0.3) is 10.6 Å². The first-order valence-corrected chi connectivity index (χ1v) is 12.8. The Morgan fingerprint density at radius 3 is 2.21 bits per heavy atom. The van der Waals surface area contributed by atoms with Crippen molar-refractivity contribution in [1.29, 1.82) is 0 Å². The van der Waals surface area contributed by atoms with E-state index in [4.69, 9.17) is 0 Å². The third kappa shape index (κ3) is 5.55. The van der Waals surface area contributed by atoms with Gasteiger partial charge in [0.15, 0.2) is 0 Å². The molecule has 5 nitrogen and oxygen atoms in total. The lowest BCUT2D eigenvalue weighted by Crippen LogP contribution is -2.42. The van der Waals surface area contributed by atoms with Crippen molar-refractivity contribution in [3.05, 3.63) is 75.8 Å². The maximum Gasteiger partial charge on any atom is 0.265 e. The van der Waals surface area contributed by atoms with E-state index < -0.39 is 0 Å². The molecule has 1 aliphatic heterocycles. The van der Waals surface area contributed by atoms with E-state index in [0.717, 1.165) is 39.5 Å². The van der Waals surface area contributed by atoms with Crippen LogP contribution < -0.4 is 5.32 Å². The standard InChI is InChI=1S/C28H33N3O2S/c1-18-5-9-22(10-6-18)17-29-26(32)20(3)23-13-15-31(16-14-23)28(33)25-21(4)30-27(34-25)24-11-7-19(2)8-12-24/h5-12,20,23H,13-17H2,1-4H3,(H,29,32)/t20-/m0/s1. The van der Waals surface area contributed by atoms with Gasteiger partial charge in [-0.15, -0.1) is 11.3 Å². The van der Waals surface area contributed by atoms with E-state index in [0.29, 0.717) is 19.6 Å². The summed E-state index contributed by atoms with van der Waals surface area (Å²) in [5.74, 6) is 0.364. The summed E-state index contributed by atoms with van der Waals surface area (Å²) in [5, 5.41) is 3.96. The van der Waals surface area contributed by atoms with Gasteiger partial charge in [0.1, 0.15) is 9.88 Å². The second kappa shape index (κ2) is 10.5. The lowest BCUT2D eigenvalue weighted by atomic mass is 9.84. The number of aryl methyl sites for hydroxylation is 3. The highest BCUT2D eigenvalue weighted by atomic mass is 32.1. The summed E-state index contributed by atoms with van der Waals surface area (Å²) in [6.07, 6.45) is 1.68. The minimum atomic E-state index is -0.0685. The molecule has 1 fully saturated rings. The third-order valence-electron chi connectivity index (χ3n) is 6.82. The van der Waals surface area contributed by atoms with Crippen LogP contribution in [-0.2, 0) is 11.3 Å². The van der Waals surface area contributed by atoms with E-state index in [-0.39, 0.29) is 23.7 Å². The molecule has 2 amide bonds. The smallest absolute Gasteiger partial charge is 0.265 e. The van der Waals surface area contributed by atoms with Crippen LogP contribution in [0.1, 0.15) is 51.8 Å². The first kappa shape index (κ1) is 24.1. The van der Waals surface area contributed by atoms with Crippen molar-refractivity contribution in [2.75, 3.05) is 13.1 Å². The Morgan fingerprint density at radius 1 is 1.00 bits per heavy atom. The molecule has 1 aliphatic rings. The van der Waals surface area contributed by atoms with Gasteiger partial charge in [-0.05, 0) is 45.1 Å². The number of nitrogens with zero attached hydrogens (tertiary/aromatic N) is 2. The molecule has 0 unspecified atom stereocenters. The molecule has 178 valence electrons. The van der Waals surface area contributed by atoms with Crippen molar-refractivity contribution < 1.29 is 9.59 Å². The molecule has 0 spiro atoms. The number of carbonyl (C=O) groups excluding carboxylic acids is 2. The number of aromatic nitrogens is 1. The third-order valence-corrected chi connectivity index (χ3v) is 8.02. The maximum atomic E-state index is 13.2. The molecule has 6 heteroatoms. The molecule has 1 aromatic heterocycles. The number of amides is 2. The van der Waals surface area contributed by atoms with Crippen molar-refractivity contribution >= 4 is 23.2 Å². The molecular weight excluding hydrogens is 442 g/mol. The minimum absolute atomic E-state index is 0.0586. The van der Waals surface area contributed by atoms with Gasteiger partial charge in [0.2, 0.25) is 5.91 Å². The Balaban J connectivity index is 1.31. The number of rotatable bonds is 6. The van der Waals surface area contributed by atoms with Crippen molar-refractivity contribution in [1.82, 2.24) is 15.2 Å². The summed E-state index contributed by atoms with van der Waals surface area (Å²) < 4.78 is 0. The summed E-state index contributed by atoms with van der Waals surface area (Å²) in [6, 6.07) is 16.5. The minimum Gasteiger partial charge on any atom is -0.352 e. The second-order valence-corrected chi connectivity index (χ2v) is 10.4. The van der Waals surface area contributed by atoms with Crippen LogP contribution in [0.5, 0.6) is 0 Å². The molecule has 34 heavy (non-hydrogen) atoms. The highest BCUT2D eigenvalue weighted by molar-refractivity contribution is 7.17. The van der Waals surface area contributed by atoms with Crippen molar-refractivity contribution in [3.63, 3.8) is 0 Å². The molecule has 2 heterocycles. The molecule has 0 bridgehead atoms. The van der Waals surface area contributed by atoms with Crippen LogP contribution in [-0.4, -0.2) is 34.8 Å². The normalized spacial score (nSPS) is 15.2. The van der Waals surface area contributed by atoms with Crippen molar-refractivity contribution in [3.8, 4) is 10.6 Å². The zero-order valence-electron chi connectivity index (χ0n) is 20.4. The average molecular weight is 476 g/mol. The Bertz CT molecular complexity index is 1140. The van der Waals surface area contributed by atoms with Gasteiger partial charge in [-0.25, -0.2) is 4.98 Å². The lowest BCUT2D eigenvalue weighted by Gasteiger charge is -2.34. The number of benzene rings is 2. The number of hydrogen-bond acceptors (Lipinski definition) is 4. The fourth-order valence-corrected chi connectivity index (χ4v) is 5.47. The van der Waals surface area contributed by atoms with Gasteiger partial charge in [0.25, 0.3) is 5.91 Å². The van der Waals surface area contributed by atoms with Crippen LogP contribution in [0.15, 0.2) is 48.5 Å². The monoisotopic (exact) mass is 475 g/mol. The molecule has 0 radical (unpaired) electrons. The average Bonchev–Trinajstić information content (AvgIpc) is 3.24. The Labute approximate surface area is 206 Å². The highest BCUT2D eigenvalue weighted by Gasteiger charge is 2.31. The van der Waals surface area contributed by atoms with E-state index in [1.54, 1.807) is 0 Å². The largest absolute Gasteiger partial charge is 0.352 e. The Hall–Kier alpha value is -2.99. The number of carbonyl (C=O) groups is 2. The van der Waals surface area contributed by atoms with E-state index in [1.807, 2.05) is 18.7 Å². The number of thiazole rings is 1. The number of hydrogen-bond donors (Lipinski definition) is 1. The number of nitrogens with one attached hydrogen (secondary N) is 1. The molecule has 0 saturated carbocycles. The summed E-state index contributed by atoms with van der Waals surface area (Å²) in [5.41, 5.74) is 5.36. The zero-order valence-corrected chi connectivity index (χ0v) is 21.2. The molecule has 1 N–H and O–H groups in total. The zero-order chi connectivity index (χ0) is 24.2. The SMILES string of the molecule is Cc1ccc(CNC(=O)[C@@H](C)C2CCN(C(=O)c3sc(-c4ccc(C)cc4)nc3C)CC2)cc1. The van der Waals surface area contributed by atoms with Crippen LogP contribution in [0.2, 0.25) is 0 Å². The maximum absolute atomic E-state index is 13.2. The Morgan fingerprint density at radius 2 is 1.59 bits per heavy atom. The van der Waals surface area contributed by atoms with Crippen molar-refractivity contribution in [2.24, 2.45) is 11.8 Å². The molecule has 2 aromatic carbocycles. The molecule has 1 atom stereocenters. The predicted molar refractivity (Wildman–Crippen MR) is 138 cm³/mol. The van der Waals surface area contributed by atoms with Crippen LogP contribution in [0.4, 0.5) is 0 Å². The van der Waals surface area contributed by atoms with Gasteiger partial charge in [-0.3, -0.25) is 9.59 Å². The van der Waals surface area contributed by atoms with E-state index in [2.05, 4.69) is 72.7 Å². The number of likely N-dealkylation sites (tertiary alicyclic amines) is 1. The fraction of sp³-hybridized carbons (Fsp3) is 0.393. The summed E-state index contributed by atoms with van der Waals surface area (Å²) in [6.45, 7) is 9.94. The summed E-state index contributed by atoms with van der Waals surface area (Å²) in [4.78, 5) is 33.3. The van der Waals surface area contributed by atoms with Crippen LogP contribution in [0, 0.1) is 32.6 Å². The molecule has 0 aliphatic carbocycles. The summed E-state index contributed by atoms with van der Waals surface area (Å²) >= 11 is 1.47. The van der Waals surface area contributed by atoms with Crippen LogP contribution in [0.3, 0.4) is 0 Å². The highest BCUT2D eigenvalue weighted by Crippen LogP contribution is 2.31. The second-order valence-electron chi connectivity index (χ2n) is 9.42. The molecule has 3 aromatic rings. The first-order chi connectivity index (χ1) is 16.3. The fourth-order valence-electron chi connectivity index (χ4n) is 4.43. The molecular formula is C28H33N3O2S. The van der Waals surface area contributed by atoms with Gasteiger partial charge in [-0.1, -0.05) is 66.6 Å². The van der Waals surface area contributed by atoms with Gasteiger partial charge in [0, 0.05) is 31.1 Å².